The minimum Gasteiger partial charge on any atom is -0.504 e. The summed E-state index contributed by atoms with van der Waals surface area (Å²) in [6.45, 7) is 3.95. The zero-order valence-corrected chi connectivity index (χ0v) is 13.9. The Bertz CT molecular complexity index is 890. The number of benzene rings is 2. The molecule has 0 saturated carbocycles. The molecule has 25 heavy (non-hydrogen) atoms. The number of hydrogen-bond donors (Lipinski definition) is 1. The lowest BCUT2D eigenvalue weighted by Crippen LogP contribution is -2.21. The monoisotopic (exact) mass is 340 g/mol. The van der Waals surface area contributed by atoms with Crippen LogP contribution in [0.1, 0.15) is 19.4 Å². The van der Waals surface area contributed by atoms with Crippen molar-refractivity contribution in [1.82, 2.24) is 0 Å². The number of rotatable bonds is 4. The number of ether oxygens (including phenoxy) is 1. The fourth-order valence-electron chi connectivity index (χ4n) is 2.53. The minimum absolute atomic E-state index is 0.0357. The third-order valence-corrected chi connectivity index (χ3v) is 3.71. The van der Waals surface area contributed by atoms with Gasteiger partial charge >= 0.3 is 0 Å². The first-order chi connectivity index (χ1) is 12.0. The molecule has 6 heteroatoms. The lowest BCUT2D eigenvalue weighted by molar-refractivity contribution is -0.114. The molecule has 0 saturated heterocycles. The molecule has 128 valence electrons. The lowest BCUT2D eigenvalue weighted by Gasteiger charge is -2.11. The molecule has 1 amide bonds. The maximum atomic E-state index is 13.4. The number of anilines is 1. The smallest absolute Gasteiger partial charge is 0.280 e. The van der Waals surface area contributed by atoms with Crippen LogP contribution in [0, 0.1) is 5.82 Å². The molecule has 0 fully saturated rings. The number of phenolic OH excluding ortho intramolecular Hbond substituents is 1. The van der Waals surface area contributed by atoms with Gasteiger partial charge in [0, 0.05) is 0 Å². The van der Waals surface area contributed by atoms with Gasteiger partial charge in [0.1, 0.15) is 5.82 Å². The predicted octanol–water partition coefficient (Wildman–Crippen LogP) is 3.74. The van der Waals surface area contributed by atoms with Gasteiger partial charge in [-0.25, -0.2) is 4.39 Å². The van der Waals surface area contributed by atoms with Crippen molar-refractivity contribution in [3.05, 3.63) is 59.4 Å². The minimum atomic E-state index is -0.435. The van der Waals surface area contributed by atoms with Crippen LogP contribution >= 0.6 is 0 Å². The molecule has 0 unspecified atom stereocenters. The predicted molar refractivity (Wildman–Crippen MR) is 94.2 cm³/mol. The molecule has 0 radical (unpaired) electrons. The van der Waals surface area contributed by atoms with Gasteiger partial charge in [-0.1, -0.05) is 12.1 Å². The third-order valence-electron chi connectivity index (χ3n) is 3.71. The summed E-state index contributed by atoms with van der Waals surface area (Å²) in [6, 6.07) is 10.5. The highest BCUT2D eigenvalue weighted by Crippen LogP contribution is 2.30. The Morgan fingerprint density at radius 3 is 2.80 bits per heavy atom. The Hall–Kier alpha value is -3.15. The maximum Gasteiger partial charge on any atom is 0.280 e. The quantitative estimate of drug-likeness (QED) is 0.863. The van der Waals surface area contributed by atoms with E-state index >= 15 is 0 Å². The largest absolute Gasteiger partial charge is 0.504 e. The van der Waals surface area contributed by atoms with Crippen LogP contribution in [-0.4, -0.2) is 23.3 Å². The van der Waals surface area contributed by atoms with Crippen LogP contribution in [0.4, 0.5) is 10.1 Å². The molecular weight excluding hydrogens is 323 g/mol. The SMILES string of the molecule is CCOc1cc(C=C2C(=O)N(c3cccc(F)c3)N=C2C)ccc1O. The Morgan fingerprint density at radius 2 is 2.08 bits per heavy atom. The zero-order valence-electron chi connectivity index (χ0n) is 13.9. The van der Waals surface area contributed by atoms with E-state index in [2.05, 4.69) is 5.10 Å². The Balaban J connectivity index is 1.93. The molecule has 1 aliphatic rings. The summed E-state index contributed by atoms with van der Waals surface area (Å²) in [5.74, 6) is -0.392. The summed E-state index contributed by atoms with van der Waals surface area (Å²) in [6.07, 6.45) is 1.67. The summed E-state index contributed by atoms with van der Waals surface area (Å²) in [5.41, 5.74) is 1.99. The molecular formula is C19H17FN2O3. The molecule has 0 spiro atoms. The standard InChI is InChI=1S/C19H17FN2O3/c1-3-25-18-10-13(7-8-17(18)23)9-16-12(2)21-22(19(16)24)15-6-4-5-14(20)11-15/h4-11,23H,3H2,1-2H3. The van der Waals surface area contributed by atoms with Gasteiger partial charge in [-0.15, -0.1) is 0 Å². The molecule has 1 heterocycles. The van der Waals surface area contributed by atoms with E-state index in [1.54, 1.807) is 31.2 Å². The Labute approximate surface area is 144 Å². The van der Waals surface area contributed by atoms with Crippen LogP contribution < -0.4 is 9.75 Å². The molecule has 0 aromatic heterocycles. The second-order valence-electron chi connectivity index (χ2n) is 5.50. The van der Waals surface area contributed by atoms with Gasteiger partial charge in [-0.3, -0.25) is 4.79 Å². The van der Waals surface area contributed by atoms with Crippen LogP contribution in [0.5, 0.6) is 11.5 Å². The number of nitrogens with zero attached hydrogens (tertiary/aromatic N) is 2. The van der Waals surface area contributed by atoms with Crippen molar-refractivity contribution in [2.45, 2.75) is 13.8 Å². The zero-order chi connectivity index (χ0) is 18.0. The average Bonchev–Trinajstić information content (AvgIpc) is 2.86. The Kier molecular flexibility index (Phi) is 4.52. The number of phenols is 1. The molecule has 5 nitrogen and oxygen atoms in total. The molecule has 2 aromatic rings. The van der Waals surface area contributed by atoms with Crippen molar-refractivity contribution >= 4 is 23.4 Å². The Morgan fingerprint density at radius 1 is 1.28 bits per heavy atom. The first kappa shape index (κ1) is 16.7. The first-order valence-corrected chi connectivity index (χ1v) is 7.82. The lowest BCUT2D eigenvalue weighted by atomic mass is 10.1. The molecule has 0 bridgehead atoms. The first-order valence-electron chi connectivity index (χ1n) is 7.82. The fraction of sp³-hybridized carbons (Fsp3) is 0.158. The van der Waals surface area contributed by atoms with Gasteiger partial charge in [-0.2, -0.15) is 10.1 Å². The van der Waals surface area contributed by atoms with Crippen molar-refractivity contribution < 1.29 is 19.0 Å². The number of halogens is 1. The van der Waals surface area contributed by atoms with Crippen LogP contribution in [0.15, 0.2) is 53.1 Å². The van der Waals surface area contributed by atoms with Gasteiger partial charge < -0.3 is 9.84 Å². The molecule has 2 aromatic carbocycles. The fourth-order valence-corrected chi connectivity index (χ4v) is 2.53. The summed E-state index contributed by atoms with van der Waals surface area (Å²) < 4.78 is 18.8. The third kappa shape index (κ3) is 3.38. The highest BCUT2D eigenvalue weighted by molar-refractivity contribution is 6.32. The average molecular weight is 340 g/mol. The van der Waals surface area contributed by atoms with E-state index in [9.17, 15) is 14.3 Å². The number of hydrazone groups is 1. The van der Waals surface area contributed by atoms with E-state index in [0.29, 0.717) is 34.9 Å². The van der Waals surface area contributed by atoms with Gasteiger partial charge in [0.05, 0.1) is 23.6 Å². The van der Waals surface area contributed by atoms with E-state index in [1.165, 1.54) is 29.3 Å². The highest BCUT2D eigenvalue weighted by Gasteiger charge is 2.28. The van der Waals surface area contributed by atoms with E-state index in [4.69, 9.17) is 4.74 Å². The second kappa shape index (κ2) is 6.76. The van der Waals surface area contributed by atoms with Crippen LogP contribution in [-0.2, 0) is 4.79 Å². The van der Waals surface area contributed by atoms with E-state index in [-0.39, 0.29) is 11.7 Å². The summed E-state index contributed by atoms with van der Waals surface area (Å²) in [4.78, 5) is 12.6. The molecule has 0 atom stereocenters. The maximum absolute atomic E-state index is 13.4. The number of aromatic hydroxyl groups is 1. The highest BCUT2D eigenvalue weighted by atomic mass is 19.1. The number of hydrogen-bond acceptors (Lipinski definition) is 4. The number of carbonyl (C=O) groups excluding carboxylic acids is 1. The van der Waals surface area contributed by atoms with Crippen molar-refractivity contribution in [3.8, 4) is 11.5 Å². The normalized spacial score (nSPS) is 15.6. The number of carbonyl (C=O) groups is 1. The van der Waals surface area contributed by atoms with Crippen molar-refractivity contribution in [2.75, 3.05) is 11.6 Å². The van der Waals surface area contributed by atoms with Crippen molar-refractivity contribution in [2.24, 2.45) is 5.10 Å². The van der Waals surface area contributed by atoms with Crippen LogP contribution in [0.2, 0.25) is 0 Å². The summed E-state index contributed by atoms with van der Waals surface area (Å²) in [7, 11) is 0. The number of amides is 1. The summed E-state index contributed by atoms with van der Waals surface area (Å²) in [5, 5.41) is 15.2. The van der Waals surface area contributed by atoms with Crippen LogP contribution in [0.25, 0.3) is 6.08 Å². The molecule has 3 rings (SSSR count). The topological polar surface area (TPSA) is 62.1 Å². The van der Waals surface area contributed by atoms with Crippen molar-refractivity contribution in [1.29, 1.82) is 0 Å². The van der Waals surface area contributed by atoms with Crippen molar-refractivity contribution in [3.63, 3.8) is 0 Å². The molecule has 1 aliphatic heterocycles. The van der Waals surface area contributed by atoms with Gasteiger partial charge in [0.15, 0.2) is 11.5 Å². The van der Waals surface area contributed by atoms with E-state index in [1.807, 2.05) is 6.92 Å². The second-order valence-corrected chi connectivity index (χ2v) is 5.50. The summed E-state index contributed by atoms with van der Waals surface area (Å²) >= 11 is 0. The molecule has 1 N–H and O–H groups in total. The van der Waals surface area contributed by atoms with E-state index in [0.717, 1.165) is 0 Å². The van der Waals surface area contributed by atoms with Gasteiger partial charge in [0.2, 0.25) is 0 Å². The van der Waals surface area contributed by atoms with Crippen LogP contribution in [0.3, 0.4) is 0 Å². The molecule has 0 aliphatic carbocycles. The van der Waals surface area contributed by atoms with E-state index < -0.39 is 5.82 Å². The van der Waals surface area contributed by atoms with Gasteiger partial charge in [0.25, 0.3) is 5.91 Å². The van der Waals surface area contributed by atoms with Gasteiger partial charge in [-0.05, 0) is 55.8 Å².